The van der Waals surface area contributed by atoms with Gasteiger partial charge < -0.3 is 10.0 Å². The van der Waals surface area contributed by atoms with Crippen molar-refractivity contribution in [2.75, 3.05) is 26.2 Å². The molecule has 0 aromatic rings. The predicted octanol–water partition coefficient (Wildman–Crippen LogP) is 0.0443. The fourth-order valence-corrected chi connectivity index (χ4v) is 1.01. The summed E-state index contributed by atoms with van der Waals surface area (Å²) >= 11 is 0. The smallest absolute Gasteiger partial charge is 0.179 e. The molecule has 1 aliphatic heterocycles. The zero-order chi connectivity index (χ0) is 7.56. The van der Waals surface area contributed by atoms with Crippen LogP contribution in [-0.2, 0) is 0 Å². The zero-order valence-electron chi connectivity index (χ0n) is 6.08. The molecule has 0 atom stereocenters. The first-order valence-electron chi connectivity index (χ1n) is 3.38. The molecular weight excluding hydrogens is 128 g/mol. The van der Waals surface area contributed by atoms with Crippen LogP contribution < -0.4 is 0 Å². The summed E-state index contributed by atoms with van der Waals surface area (Å²) in [6.07, 6.45) is 0. The minimum absolute atomic E-state index is 0.174. The molecule has 0 bridgehead atoms. The minimum atomic E-state index is 0.174. The van der Waals surface area contributed by atoms with Crippen LogP contribution in [0.1, 0.15) is 0 Å². The lowest BCUT2D eigenvalue weighted by Crippen LogP contribution is -2.40. The molecule has 0 aromatic heterocycles. The zero-order valence-corrected chi connectivity index (χ0v) is 6.08. The van der Waals surface area contributed by atoms with Crippen LogP contribution in [0.15, 0.2) is 12.5 Å². The minimum Gasteiger partial charge on any atom is -0.495 e. The van der Waals surface area contributed by atoms with E-state index in [9.17, 15) is 0 Å². The van der Waals surface area contributed by atoms with Crippen molar-refractivity contribution in [3.63, 3.8) is 0 Å². The van der Waals surface area contributed by atoms with Gasteiger partial charge in [0.1, 0.15) is 6.72 Å². The molecule has 0 spiro atoms. The number of hydrogen-bond acceptors (Lipinski definition) is 2. The van der Waals surface area contributed by atoms with Gasteiger partial charge in [-0.05, 0) is 6.58 Å². The largest absolute Gasteiger partial charge is 0.495 e. The third-order valence-electron chi connectivity index (χ3n) is 1.74. The van der Waals surface area contributed by atoms with Gasteiger partial charge in [-0.1, -0.05) is 0 Å². The first-order valence-corrected chi connectivity index (χ1v) is 3.38. The molecule has 1 aliphatic rings. The normalized spacial score (nSPS) is 19.2. The standard InChI is InChI=1S/C7H12N2O/c1-7(10)9-5-3-8(2)4-6-9/h1-6H2/p+1. The topological polar surface area (TPSA) is 26.5 Å². The Bertz CT molecular complexity index is 155. The fraction of sp³-hybridized carbons (Fsp3) is 0.571. The number of nitrogens with zero attached hydrogens (tertiary/aromatic N) is 2. The van der Waals surface area contributed by atoms with Crippen molar-refractivity contribution in [3.8, 4) is 0 Å². The molecule has 0 radical (unpaired) electrons. The Morgan fingerprint density at radius 2 is 1.90 bits per heavy atom. The van der Waals surface area contributed by atoms with Crippen LogP contribution in [0.4, 0.5) is 0 Å². The SMILES string of the molecule is C=C(O)N1CC[N+](=C)CC1. The van der Waals surface area contributed by atoms with E-state index in [-0.39, 0.29) is 5.88 Å². The van der Waals surface area contributed by atoms with Crippen LogP contribution in [0.25, 0.3) is 0 Å². The Morgan fingerprint density at radius 1 is 1.40 bits per heavy atom. The molecule has 0 unspecified atom stereocenters. The molecule has 3 nitrogen and oxygen atoms in total. The van der Waals surface area contributed by atoms with Crippen LogP contribution in [-0.4, -0.2) is 47.5 Å². The molecule has 1 rings (SSSR count). The third-order valence-corrected chi connectivity index (χ3v) is 1.74. The van der Waals surface area contributed by atoms with E-state index in [1.807, 2.05) is 9.48 Å². The first-order chi connectivity index (χ1) is 4.70. The number of piperazine rings is 1. The fourth-order valence-electron chi connectivity index (χ4n) is 1.01. The summed E-state index contributed by atoms with van der Waals surface area (Å²) in [7, 11) is 0. The second kappa shape index (κ2) is 2.73. The molecular formula is C7H13N2O+. The van der Waals surface area contributed by atoms with Crippen LogP contribution >= 0.6 is 0 Å². The number of aliphatic hydroxyl groups is 1. The molecule has 0 saturated carbocycles. The average Bonchev–Trinajstić information content (AvgIpc) is 1.88. The van der Waals surface area contributed by atoms with Crippen LogP contribution in [0, 0.1) is 0 Å². The Balaban J connectivity index is 2.40. The maximum atomic E-state index is 8.96. The molecule has 0 amide bonds. The van der Waals surface area contributed by atoms with E-state index in [2.05, 4.69) is 13.3 Å². The summed E-state index contributed by atoms with van der Waals surface area (Å²) in [4.78, 5) is 1.85. The van der Waals surface area contributed by atoms with Crippen molar-refractivity contribution < 1.29 is 9.68 Å². The molecule has 1 N–H and O–H groups in total. The maximum Gasteiger partial charge on any atom is 0.179 e. The second-order valence-corrected chi connectivity index (χ2v) is 2.52. The molecule has 3 heteroatoms. The van der Waals surface area contributed by atoms with Gasteiger partial charge in [0.15, 0.2) is 19.0 Å². The van der Waals surface area contributed by atoms with E-state index >= 15 is 0 Å². The molecule has 56 valence electrons. The Kier molecular flexibility index (Phi) is 1.94. The van der Waals surface area contributed by atoms with Crippen molar-refractivity contribution in [3.05, 3.63) is 12.5 Å². The summed E-state index contributed by atoms with van der Waals surface area (Å²) in [5.41, 5.74) is 0. The molecule has 1 saturated heterocycles. The lowest BCUT2D eigenvalue weighted by atomic mass is 10.4. The van der Waals surface area contributed by atoms with E-state index < -0.39 is 0 Å². The van der Waals surface area contributed by atoms with E-state index in [1.54, 1.807) is 0 Å². The van der Waals surface area contributed by atoms with E-state index in [4.69, 9.17) is 5.11 Å². The molecule has 0 aromatic carbocycles. The van der Waals surface area contributed by atoms with Gasteiger partial charge in [0.05, 0.1) is 13.1 Å². The number of rotatable bonds is 1. The van der Waals surface area contributed by atoms with E-state index in [0.29, 0.717) is 0 Å². The lowest BCUT2D eigenvalue weighted by molar-refractivity contribution is -0.531. The van der Waals surface area contributed by atoms with Crippen molar-refractivity contribution in [1.82, 2.24) is 4.90 Å². The highest BCUT2D eigenvalue weighted by atomic mass is 16.3. The molecule has 10 heavy (non-hydrogen) atoms. The van der Waals surface area contributed by atoms with Crippen molar-refractivity contribution in [2.45, 2.75) is 0 Å². The third kappa shape index (κ3) is 1.50. The van der Waals surface area contributed by atoms with E-state index in [1.165, 1.54) is 0 Å². The second-order valence-electron chi connectivity index (χ2n) is 2.52. The average molecular weight is 141 g/mol. The van der Waals surface area contributed by atoms with Gasteiger partial charge in [0, 0.05) is 0 Å². The number of hydrogen-bond donors (Lipinski definition) is 1. The van der Waals surface area contributed by atoms with Gasteiger partial charge in [0.2, 0.25) is 0 Å². The van der Waals surface area contributed by atoms with Crippen LogP contribution in [0.2, 0.25) is 0 Å². The van der Waals surface area contributed by atoms with Crippen LogP contribution in [0.5, 0.6) is 0 Å². The van der Waals surface area contributed by atoms with Crippen molar-refractivity contribution >= 4 is 6.72 Å². The monoisotopic (exact) mass is 141 g/mol. The van der Waals surface area contributed by atoms with Gasteiger partial charge in [0.25, 0.3) is 0 Å². The summed E-state index contributed by atoms with van der Waals surface area (Å²) in [5.74, 6) is 0.174. The Morgan fingerprint density at radius 3 is 2.30 bits per heavy atom. The van der Waals surface area contributed by atoms with Gasteiger partial charge in [-0.15, -0.1) is 0 Å². The van der Waals surface area contributed by atoms with Crippen molar-refractivity contribution in [1.29, 1.82) is 0 Å². The summed E-state index contributed by atoms with van der Waals surface area (Å²) in [6, 6.07) is 0. The highest BCUT2D eigenvalue weighted by molar-refractivity contribution is 5.14. The maximum absolute atomic E-state index is 8.96. The van der Waals surface area contributed by atoms with Gasteiger partial charge in [-0.2, -0.15) is 0 Å². The summed E-state index contributed by atoms with van der Waals surface area (Å²) in [6.45, 7) is 10.7. The number of aliphatic hydroxyl groups excluding tert-OH is 1. The van der Waals surface area contributed by atoms with Gasteiger partial charge in [-0.3, -0.25) is 0 Å². The molecule has 1 fully saturated rings. The Labute approximate surface area is 60.9 Å². The predicted molar refractivity (Wildman–Crippen MR) is 40.5 cm³/mol. The van der Waals surface area contributed by atoms with E-state index in [0.717, 1.165) is 26.2 Å². The Hall–Kier alpha value is -0.990. The lowest BCUT2D eigenvalue weighted by Gasteiger charge is -2.24. The first kappa shape index (κ1) is 7.12. The highest BCUT2D eigenvalue weighted by Gasteiger charge is 2.16. The summed E-state index contributed by atoms with van der Waals surface area (Å²) in [5, 5.41) is 8.96. The van der Waals surface area contributed by atoms with Crippen LogP contribution in [0.3, 0.4) is 0 Å². The highest BCUT2D eigenvalue weighted by Crippen LogP contribution is 2.00. The quantitative estimate of drug-likeness (QED) is 0.412. The molecule has 1 heterocycles. The van der Waals surface area contributed by atoms with Gasteiger partial charge in [-0.25, -0.2) is 4.58 Å². The molecule has 0 aliphatic carbocycles. The van der Waals surface area contributed by atoms with Crippen molar-refractivity contribution in [2.24, 2.45) is 0 Å². The van der Waals surface area contributed by atoms with Gasteiger partial charge >= 0.3 is 0 Å². The summed E-state index contributed by atoms with van der Waals surface area (Å²) < 4.78 is 1.99.